The lowest BCUT2D eigenvalue weighted by atomic mass is 9.67. The summed E-state index contributed by atoms with van der Waals surface area (Å²) in [6.07, 6.45) is 0. The van der Waals surface area contributed by atoms with Crippen molar-refractivity contribution < 1.29 is 8.83 Å². The SMILES string of the molecule is c1ccc(-c2cccc(N(c3ccccc3)c3ccc4c(c3)oc3cc(C5(c6cccc(-c7ccccc7)c6)c6ccccc6-c6ccccc65)ccc34)c2)cc1.c1ccc(-c2cccc(N(c3ccccc3)c3ccc4c(c3)oc3cc(C5(c6ccccc6)c6ccccc6-c6ccccc65)ccc34)c2)cc1. The molecule has 0 spiro atoms. The van der Waals surface area contributed by atoms with Crippen molar-refractivity contribution in [2.75, 3.05) is 9.80 Å². The summed E-state index contributed by atoms with van der Waals surface area (Å²) in [5, 5.41) is 4.41. The van der Waals surface area contributed by atoms with Crippen molar-refractivity contribution >= 4 is 78.0 Å². The second kappa shape index (κ2) is 26.6. The second-order valence-electron chi connectivity index (χ2n) is 28.2. The lowest BCUT2D eigenvalue weighted by molar-refractivity contribution is 0.665. The highest BCUT2D eigenvalue weighted by molar-refractivity contribution is 6.08. The fourth-order valence-electron chi connectivity index (χ4n) is 17.5. The monoisotopic (exact) mass is 1380 g/mol. The van der Waals surface area contributed by atoms with Crippen LogP contribution in [-0.4, -0.2) is 0 Å². The number of fused-ring (bicyclic) bond motifs is 12. The Morgan fingerprint density at radius 1 is 0.167 bits per heavy atom. The van der Waals surface area contributed by atoms with E-state index in [-0.39, 0.29) is 0 Å². The van der Waals surface area contributed by atoms with Crippen LogP contribution in [-0.2, 0) is 10.8 Å². The molecule has 0 radical (unpaired) electrons. The van der Waals surface area contributed by atoms with Gasteiger partial charge in [0.25, 0.3) is 0 Å². The van der Waals surface area contributed by atoms with Gasteiger partial charge in [0.15, 0.2) is 0 Å². The average molecular weight is 1380 g/mol. The largest absolute Gasteiger partial charge is 0.456 e. The minimum atomic E-state index is -0.551. The lowest BCUT2D eigenvalue weighted by Crippen LogP contribution is -2.28. The third kappa shape index (κ3) is 10.6. The third-order valence-corrected chi connectivity index (χ3v) is 22.3. The molecule has 0 fully saturated rings. The quantitative estimate of drug-likeness (QED) is 0.115. The average Bonchev–Trinajstić information content (AvgIpc) is 1.54. The van der Waals surface area contributed by atoms with Gasteiger partial charge in [0.2, 0.25) is 0 Å². The van der Waals surface area contributed by atoms with Crippen LogP contribution in [0.15, 0.2) is 433 Å². The summed E-state index contributed by atoms with van der Waals surface area (Å²) in [4.78, 5) is 4.62. The van der Waals surface area contributed by atoms with Gasteiger partial charge in [-0.2, -0.15) is 0 Å². The fourth-order valence-corrected chi connectivity index (χ4v) is 17.5. The Balaban J connectivity index is 0.000000143. The molecule has 4 nitrogen and oxygen atoms in total. The van der Waals surface area contributed by atoms with Gasteiger partial charge in [-0.15, -0.1) is 0 Å². The summed E-state index contributed by atoms with van der Waals surface area (Å²) in [5.41, 5.74) is 31.1. The van der Waals surface area contributed by atoms with E-state index in [1.807, 2.05) is 0 Å². The van der Waals surface area contributed by atoms with Crippen LogP contribution in [0.3, 0.4) is 0 Å². The van der Waals surface area contributed by atoms with Crippen molar-refractivity contribution in [2.24, 2.45) is 0 Å². The molecule has 17 aromatic carbocycles. The van der Waals surface area contributed by atoms with E-state index in [0.717, 1.165) is 78.0 Å². The maximum atomic E-state index is 6.93. The molecule has 0 saturated heterocycles. The highest BCUT2D eigenvalue weighted by atomic mass is 16.3. The van der Waals surface area contributed by atoms with Crippen LogP contribution in [0.2, 0.25) is 0 Å². The minimum Gasteiger partial charge on any atom is -0.456 e. The van der Waals surface area contributed by atoms with E-state index in [4.69, 9.17) is 8.83 Å². The molecule has 0 saturated carbocycles. The highest BCUT2D eigenvalue weighted by Crippen LogP contribution is 2.59. The number of rotatable bonds is 13. The molecular weight excluding hydrogens is 1310 g/mol. The Labute approximate surface area is 628 Å². The summed E-state index contributed by atoms with van der Waals surface area (Å²) in [5.74, 6) is 0. The van der Waals surface area contributed by atoms with E-state index < -0.39 is 10.8 Å². The Morgan fingerprint density at radius 3 is 0.815 bits per heavy atom. The molecule has 508 valence electrons. The molecule has 0 aliphatic heterocycles. The molecular formula is C104H70N2O2. The summed E-state index contributed by atoms with van der Waals surface area (Å²) in [7, 11) is 0. The van der Waals surface area contributed by atoms with E-state index in [1.165, 1.54) is 100 Å². The highest BCUT2D eigenvalue weighted by Gasteiger charge is 2.48. The van der Waals surface area contributed by atoms with E-state index in [0.29, 0.717) is 0 Å². The molecule has 21 rings (SSSR count). The molecule has 19 aromatic rings. The van der Waals surface area contributed by atoms with Gasteiger partial charge in [-0.1, -0.05) is 322 Å². The summed E-state index contributed by atoms with van der Waals surface area (Å²) < 4.78 is 13.8. The van der Waals surface area contributed by atoms with Crippen LogP contribution < -0.4 is 9.80 Å². The standard InChI is InChI=1S/C55H37NO.C49H33NO/c1-4-16-38(17-5-1)40-20-14-22-42(34-40)55(51-28-12-10-26-47(51)48-27-11-13-29-52(48)55)43-30-32-49-50-33-31-46(37-54(50)57-53(49)36-43)56(44-23-8-3-9-24-44)45-25-15-21-41(35-45)39-18-6-2-7-19-39;1-4-15-34(16-5-1)35-17-14-22-39(31-35)50(38-20-8-3-9-21-38)40-28-30-44-43-29-27-37(32-47(43)51-48(44)33-40)49(36-18-6-2-7-19-36)45-25-12-10-23-41(45)42-24-11-13-26-46(42)49/h1-37H;1-33H. The summed E-state index contributed by atoms with van der Waals surface area (Å²) in [6.45, 7) is 0. The molecule has 0 amide bonds. The van der Waals surface area contributed by atoms with Gasteiger partial charge in [-0.3, -0.25) is 0 Å². The first-order valence-corrected chi connectivity index (χ1v) is 37.1. The molecule has 0 N–H and O–H groups in total. The van der Waals surface area contributed by atoms with Crippen LogP contribution in [0.4, 0.5) is 34.1 Å². The van der Waals surface area contributed by atoms with E-state index in [1.54, 1.807) is 0 Å². The first-order chi connectivity index (χ1) is 53.5. The number of hydrogen-bond donors (Lipinski definition) is 0. The Hall–Kier alpha value is -14.1. The predicted octanol–water partition coefficient (Wildman–Crippen LogP) is 27.8. The number of furan rings is 2. The Kier molecular flexibility index (Phi) is 15.7. The van der Waals surface area contributed by atoms with Crippen LogP contribution >= 0.6 is 0 Å². The topological polar surface area (TPSA) is 32.8 Å². The number of anilines is 6. The number of hydrogen-bond acceptors (Lipinski definition) is 4. The van der Waals surface area contributed by atoms with Crippen LogP contribution in [0.5, 0.6) is 0 Å². The van der Waals surface area contributed by atoms with Crippen molar-refractivity contribution in [1.29, 1.82) is 0 Å². The van der Waals surface area contributed by atoms with E-state index in [9.17, 15) is 0 Å². The zero-order valence-electron chi connectivity index (χ0n) is 59.1. The molecule has 2 aromatic heterocycles. The zero-order chi connectivity index (χ0) is 71.5. The Bertz CT molecular complexity index is 6470. The van der Waals surface area contributed by atoms with Gasteiger partial charge < -0.3 is 18.6 Å². The molecule has 108 heavy (non-hydrogen) atoms. The van der Waals surface area contributed by atoms with Gasteiger partial charge >= 0.3 is 0 Å². The second-order valence-corrected chi connectivity index (χ2v) is 28.2. The molecule has 0 bridgehead atoms. The van der Waals surface area contributed by atoms with Gasteiger partial charge in [-0.05, 0) is 191 Å². The minimum absolute atomic E-state index is 0.472. The first-order valence-electron chi connectivity index (χ1n) is 37.1. The molecule has 2 aliphatic rings. The molecule has 0 atom stereocenters. The molecule has 4 heteroatoms. The van der Waals surface area contributed by atoms with Crippen molar-refractivity contribution in [2.45, 2.75) is 10.8 Å². The van der Waals surface area contributed by atoms with Crippen molar-refractivity contribution in [3.05, 3.63) is 469 Å². The summed E-state index contributed by atoms with van der Waals surface area (Å²) in [6, 6.07) is 153. The van der Waals surface area contributed by atoms with Crippen molar-refractivity contribution in [1.82, 2.24) is 0 Å². The number of para-hydroxylation sites is 2. The van der Waals surface area contributed by atoms with Crippen molar-refractivity contribution in [3.63, 3.8) is 0 Å². The van der Waals surface area contributed by atoms with Crippen molar-refractivity contribution in [3.8, 4) is 55.6 Å². The van der Waals surface area contributed by atoms with Gasteiger partial charge in [0.05, 0.1) is 10.8 Å². The summed E-state index contributed by atoms with van der Waals surface area (Å²) >= 11 is 0. The molecule has 2 heterocycles. The van der Waals surface area contributed by atoms with Gasteiger partial charge in [0, 0.05) is 67.8 Å². The maximum absolute atomic E-state index is 6.93. The number of benzene rings is 17. The van der Waals surface area contributed by atoms with E-state index >= 15 is 0 Å². The predicted molar refractivity (Wildman–Crippen MR) is 448 cm³/mol. The fraction of sp³-hybridized carbons (Fsp3) is 0.0192. The van der Waals surface area contributed by atoms with Gasteiger partial charge in [0.1, 0.15) is 22.3 Å². The molecule has 0 unspecified atom stereocenters. The van der Waals surface area contributed by atoms with E-state index in [2.05, 4.69) is 434 Å². The first kappa shape index (κ1) is 63.6. The molecule has 2 aliphatic carbocycles. The lowest BCUT2D eigenvalue weighted by Gasteiger charge is -2.34. The zero-order valence-corrected chi connectivity index (χ0v) is 59.1. The van der Waals surface area contributed by atoms with Crippen LogP contribution in [0.1, 0.15) is 44.5 Å². The smallest absolute Gasteiger partial charge is 0.137 e. The Morgan fingerprint density at radius 2 is 0.426 bits per heavy atom. The third-order valence-electron chi connectivity index (χ3n) is 22.3. The maximum Gasteiger partial charge on any atom is 0.137 e. The van der Waals surface area contributed by atoms with Crippen LogP contribution in [0.25, 0.3) is 99.5 Å². The van der Waals surface area contributed by atoms with Gasteiger partial charge in [-0.25, -0.2) is 0 Å². The van der Waals surface area contributed by atoms with Crippen LogP contribution in [0, 0.1) is 0 Å². The normalized spacial score (nSPS) is 12.8. The number of nitrogens with zero attached hydrogens (tertiary/aromatic N) is 2.